The lowest BCUT2D eigenvalue weighted by Crippen LogP contribution is -2.23. The number of rotatable bonds is 6. The fourth-order valence-corrected chi connectivity index (χ4v) is 2.27. The van der Waals surface area contributed by atoms with Crippen LogP contribution in [0.3, 0.4) is 0 Å². The molecule has 0 saturated carbocycles. The molecule has 0 atom stereocenters. The minimum atomic E-state index is -0.340. The lowest BCUT2D eigenvalue weighted by atomic mass is 10.1. The average Bonchev–Trinajstić information content (AvgIpc) is 2.61. The fourth-order valence-electron chi connectivity index (χ4n) is 2.27. The van der Waals surface area contributed by atoms with Gasteiger partial charge >= 0.3 is 0 Å². The molecule has 2 N–H and O–H groups in total. The van der Waals surface area contributed by atoms with Crippen LogP contribution in [0, 0.1) is 6.92 Å². The van der Waals surface area contributed by atoms with Gasteiger partial charge < -0.3 is 15.4 Å². The van der Waals surface area contributed by atoms with Gasteiger partial charge in [-0.05, 0) is 55.8 Å². The van der Waals surface area contributed by atoms with Gasteiger partial charge in [0.2, 0.25) is 0 Å². The van der Waals surface area contributed by atoms with Crippen LogP contribution in [0.2, 0.25) is 0 Å². The van der Waals surface area contributed by atoms with Crippen LogP contribution < -0.4 is 15.4 Å². The van der Waals surface area contributed by atoms with Crippen LogP contribution in [-0.2, 0) is 4.79 Å². The summed E-state index contributed by atoms with van der Waals surface area (Å²) in [6.07, 6.45) is 0. The molecule has 0 radical (unpaired) electrons. The molecule has 0 aliphatic rings. The molecule has 25 heavy (non-hydrogen) atoms. The Balaban J connectivity index is 1.98. The monoisotopic (exact) mass is 340 g/mol. The van der Waals surface area contributed by atoms with E-state index in [0.717, 1.165) is 0 Å². The Morgan fingerprint density at radius 1 is 1.04 bits per heavy atom. The highest BCUT2D eigenvalue weighted by Gasteiger charge is 2.12. The predicted octanol–water partition coefficient (Wildman–Crippen LogP) is 2.57. The summed E-state index contributed by atoms with van der Waals surface area (Å²) < 4.78 is 5.41. The SMILES string of the molecule is CNC(=O)c1cccc(NC(=O)COc2ccc(C(C)=O)cc2)c1C. The maximum Gasteiger partial charge on any atom is 0.262 e. The molecule has 2 rings (SSSR count). The number of hydrogen-bond acceptors (Lipinski definition) is 4. The Kier molecular flexibility index (Phi) is 5.89. The van der Waals surface area contributed by atoms with Gasteiger partial charge in [-0.2, -0.15) is 0 Å². The standard InChI is InChI=1S/C19H20N2O4/c1-12-16(19(24)20-3)5-4-6-17(12)21-18(23)11-25-15-9-7-14(8-10-15)13(2)22/h4-10H,11H2,1-3H3,(H,20,24)(H,21,23). The molecule has 0 unspecified atom stereocenters. The number of ether oxygens (including phenoxy) is 1. The number of carbonyl (C=O) groups excluding carboxylic acids is 3. The lowest BCUT2D eigenvalue weighted by molar-refractivity contribution is -0.118. The van der Waals surface area contributed by atoms with Crippen molar-refractivity contribution in [1.82, 2.24) is 5.32 Å². The van der Waals surface area contributed by atoms with Gasteiger partial charge in [-0.3, -0.25) is 14.4 Å². The summed E-state index contributed by atoms with van der Waals surface area (Å²) in [6.45, 7) is 3.07. The van der Waals surface area contributed by atoms with E-state index in [1.807, 2.05) is 0 Å². The highest BCUT2D eigenvalue weighted by molar-refractivity contribution is 5.99. The van der Waals surface area contributed by atoms with Crippen molar-refractivity contribution in [3.05, 3.63) is 59.2 Å². The minimum absolute atomic E-state index is 0.0317. The van der Waals surface area contributed by atoms with E-state index >= 15 is 0 Å². The molecular weight excluding hydrogens is 320 g/mol. The molecule has 6 heteroatoms. The molecule has 2 amide bonds. The lowest BCUT2D eigenvalue weighted by Gasteiger charge is -2.12. The molecule has 0 fully saturated rings. The highest BCUT2D eigenvalue weighted by atomic mass is 16.5. The van der Waals surface area contributed by atoms with Gasteiger partial charge in [0.15, 0.2) is 12.4 Å². The van der Waals surface area contributed by atoms with Crippen molar-refractivity contribution in [1.29, 1.82) is 0 Å². The Morgan fingerprint density at radius 3 is 2.32 bits per heavy atom. The first-order valence-electron chi connectivity index (χ1n) is 7.77. The largest absolute Gasteiger partial charge is 0.484 e. The van der Waals surface area contributed by atoms with Gasteiger partial charge in [0.25, 0.3) is 11.8 Å². The summed E-state index contributed by atoms with van der Waals surface area (Å²) in [6, 6.07) is 11.7. The molecule has 130 valence electrons. The summed E-state index contributed by atoms with van der Waals surface area (Å²) in [7, 11) is 1.55. The third kappa shape index (κ3) is 4.67. The van der Waals surface area contributed by atoms with Gasteiger partial charge in [0, 0.05) is 23.9 Å². The van der Waals surface area contributed by atoms with Crippen molar-refractivity contribution in [2.75, 3.05) is 19.0 Å². The zero-order valence-corrected chi connectivity index (χ0v) is 14.4. The topological polar surface area (TPSA) is 84.5 Å². The van der Waals surface area contributed by atoms with Gasteiger partial charge in [-0.15, -0.1) is 0 Å². The molecule has 0 aliphatic carbocycles. The van der Waals surface area contributed by atoms with E-state index in [2.05, 4.69) is 10.6 Å². The van der Waals surface area contributed by atoms with Gasteiger partial charge in [0.05, 0.1) is 0 Å². The summed E-state index contributed by atoms with van der Waals surface area (Å²) in [5.74, 6) is -0.0880. The molecule has 0 spiro atoms. The van der Waals surface area contributed by atoms with Crippen molar-refractivity contribution in [3.63, 3.8) is 0 Å². The molecule has 2 aromatic carbocycles. The second-order valence-electron chi connectivity index (χ2n) is 5.47. The zero-order valence-electron chi connectivity index (χ0n) is 14.4. The van der Waals surface area contributed by atoms with Crippen LogP contribution in [0.1, 0.15) is 33.2 Å². The number of nitrogens with one attached hydrogen (secondary N) is 2. The van der Waals surface area contributed by atoms with Gasteiger partial charge in [-0.25, -0.2) is 0 Å². The number of carbonyl (C=O) groups is 3. The first-order valence-corrected chi connectivity index (χ1v) is 7.77. The number of ketones is 1. The smallest absolute Gasteiger partial charge is 0.262 e. The van der Waals surface area contributed by atoms with Crippen molar-refractivity contribution in [2.24, 2.45) is 0 Å². The maximum atomic E-state index is 12.1. The number of amides is 2. The normalized spacial score (nSPS) is 10.0. The van der Waals surface area contributed by atoms with Crippen molar-refractivity contribution in [2.45, 2.75) is 13.8 Å². The maximum absolute atomic E-state index is 12.1. The first-order chi connectivity index (χ1) is 11.9. The van der Waals surface area contributed by atoms with Crippen molar-refractivity contribution < 1.29 is 19.1 Å². The third-order valence-electron chi connectivity index (χ3n) is 3.71. The molecule has 0 heterocycles. The van der Waals surface area contributed by atoms with E-state index in [1.165, 1.54) is 6.92 Å². The highest BCUT2D eigenvalue weighted by Crippen LogP contribution is 2.19. The zero-order chi connectivity index (χ0) is 18.4. The molecule has 2 aromatic rings. The van der Waals surface area contributed by atoms with Crippen LogP contribution in [0.25, 0.3) is 0 Å². The summed E-state index contributed by atoms with van der Waals surface area (Å²) in [4.78, 5) is 35.1. The second-order valence-corrected chi connectivity index (χ2v) is 5.47. The molecule has 0 saturated heterocycles. The quantitative estimate of drug-likeness (QED) is 0.792. The van der Waals surface area contributed by atoms with Crippen LogP contribution in [-0.4, -0.2) is 31.3 Å². The Bertz CT molecular complexity index is 798. The van der Waals surface area contributed by atoms with E-state index in [9.17, 15) is 14.4 Å². The van der Waals surface area contributed by atoms with E-state index in [0.29, 0.717) is 28.1 Å². The molecule has 0 aromatic heterocycles. The summed E-state index contributed by atoms with van der Waals surface area (Å²) >= 11 is 0. The van der Waals surface area contributed by atoms with E-state index < -0.39 is 0 Å². The van der Waals surface area contributed by atoms with Crippen molar-refractivity contribution >= 4 is 23.3 Å². The number of Topliss-reactive ketones (excluding diaryl/α,β-unsaturated/α-hetero) is 1. The predicted molar refractivity (Wildman–Crippen MR) is 95.1 cm³/mol. The van der Waals surface area contributed by atoms with Crippen LogP contribution >= 0.6 is 0 Å². The molecular formula is C19H20N2O4. The molecule has 6 nitrogen and oxygen atoms in total. The summed E-state index contributed by atoms with van der Waals surface area (Å²) in [5, 5.41) is 5.29. The first kappa shape index (κ1) is 18.2. The molecule has 0 bridgehead atoms. The second kappa shape index (κ2) is 8.10. The third-order valence-corrected chi connectivity index (χ3v) is 3.71. The van der Waals surface area contributed by atoms with Gasteiger partial charge in [-0.1, -0.05) is 6.07 Å². The number of benzene rings is 2. The molecule has 0 aliphatic heterocycles. The number of anilines is 1. The van der Waals surface area contributed by atoms with Crippen molar-refractivity contribution in [3.8, 4) is 5.75 Å². The average molecular weight is 340 g/mol. The summed E-state index contributed by atoms with van der Waals surface area (Å²) in [5.41, 5.74) is 2.32. The van der Waals surface area contributed by atoms with E-state index in [4.69, 9.17) is 4.74 Å². The van der Waals surface area contributed by atoms with Crippen LogP contribution in [0.15, 0.2) is 42.5 Å². The Morgan fingerprint density at radius 2 is 1.72 bits per heavy atom. The van der Waals surface area contributed by atoms with Crippen LogP contribution in [0.5, 0.6) is 5.75 Å². The van der Waals surface area contributed by atoms with E-state index in [-0.39, 0.29) is 24.2 Å². The van der Waals surface area contributed by atoms with E-state index in [1.54, 1.807) is 56.4 Å². The number of hydrogen-bond donors (Lipinski definition) is 2. The fraction of sp³-hybridized carbons (Fsp3) is 0.211. The Hall–Kier alpha value is -3.15. The van der Waals surface area contributed by atoms with Gasteiger partial charge in [0.1, 0.15) is 5.75 Å². The Labute approximate surface area is 146 Å². The van der Waals surface area contributed by atoms with Crippen LogP contribution in [0.4, 0.5) is 5.69 Å². The minimum Gasteiger partial charge on any atom is -0.484 e.